The van der Waals surface area contributed by atoms with Gasteiger partial charge in [-0.2, -0.15) is 11.3 Å². The number of methoxy groups -OCH3 is 1. The smallest absolute Gasteiger partial charge is 0.339 e. The largest absolute Gasteiger partial charge is 0.487 e. The summed E-state index contributed by atoms with van der Waals surface area (Å²) in [4.78, 5) is 28.1. The first-order valence-electron chi connectivity index (χ1n) is 9.25. The Morgan fingerprint density at radius 2 is 2.17 bits per heavy atom. The van der Waals surface area contributed by atoms with E-state index in [9.17, 15) is 9.59 Å². The quantitative estimate of drug-likeness (QED) is 0.634. The average molecular weight is 408 g/mol. The van der Waals surface area contributed by atoms with Gasteiger partial charge in [0.2, 0.25) is 5.91 Å². The van der Waals surface area contributed by atoms with Gasteiger partial charge in [0.15, 0.2) is 0 Å². The van der Waals surface area contributed by atoms with Gasteiger partial charge in [-0.25, -0.2) is 4.79 Å². The van der Waals surface area contributed by atoms with E-state index in [0.29, 0.717) is 18.5 Å². The summed E-state index contributed by atoms with van der Waals surface area (Å²) >= 11 is 1.58. The number of thiophene rings is 1. The van der Waals surface area contributed by atoms with Gasteiger partial charge in [0, 0.05) is 18.2 Å². The first-order valence-corrected chi connectivity index (χ1v) is 10.2. The fourth-order valence-electron chi connectivity index (χ4n) is 3.31. The Kier molecular flexibility index (Phi) is 5.57. The van der Waals surface area contributed by atoms with Crippen molar-refractivity contribution in [3.63, 3.8) is 0 Å². The lowest BCUT2D eigenvalue weighted by Gasteiger charge is -2.13. The van der Waals surface area contributed by atoms with Gasteiger partial charge in [-0.1, -0.05) is 12.1 Å². The zero-order chi connectivity index (χ0) is 20.2. The number of esters is 1. The molecule has 148 valence electrons. The molecule has 0 radical (unpaired) electrons. The predicted octanol–water partition coefficient (Wildman–Crippen LogP) is 3.26. The van der Waals surface area contributed by atoms with E-state index in [1.165, 1.54) is 13.3 Å². The van der Waals surface area contributed by atoms with Crippen molar-refractivity contribution >= 4 is 23.2 Å². The fourth-order valence-corrected chi connectivity index (χ4v) is 3.98. The van der Waals surface area contributed by atoms with E-state index in [2.05, 4.69) is 10.3 Å². The molecule has 0 saturated heterocycles. The molecule has 1 unspecified atom stereocenters. The molecule has 3 heterocycles. The lowest BCUT2D eigenvalue weighted by molar-refractivity contribution is -0.120. The number of nitrogens with zero attached hydrogens (tertiary/aromatic N) is 1. The summed E-state index contributed by atoms with van der Waals surface area (Å²) in [5.41, 5.74) is 4.09. The predicted molar refractivity (Wildman–Crippen MR) is 110 cm³/mol. The zero-order valence-corrected chi connectivity index (χ0v) is 16.7. The van der Waals surface area contributed by atoms with Gasteiger partial charge in [0.1, 0.15) is 11.9 Å². The summed E-state index contributed by atoms with van der Waals surface area (Å²) < 4.78 is 10.8. The van der Waals surface area contributed by atoms with Crippen molar-refractivity contribution in [3.05, 3.63) is 70.0 Å². The van der Waals surface area contributed by atoms with E-state index in [4.69, 9.17) is 9.47 Å². The summed E-state index contributed by atoms with van der Waals surface area (Å²) in [5.74, 6) is 0.350. The van der Waals surface area contributed by atoms with Crippen LogP contribution >= 0.6 is 11.3 Å². The van der Waals surface area contributed by atoms with Crippen LogP contribution in [0.25, 0.3) is 11.3 Å². The Bertz CT molecular complexity index is 1020. The molecule has 1 atom stereocenters. The summed E-state index contributed by atoms with van der Waals surface area (Å²) in [6.45, 7) is 0.450. The Morgan fingerprint density at radius 1 is 1.28 bits per heavy atom. The van der Waals surface area contributed by atoms with Gasteiger partial charge >= 0.3 is 5.97 Å². The number of fused-ring (bicyclic) bond motifs is 1. The molecule has 4 rings (SSSR count). The maximum Gasteiger partial charge on any atom is 0.339 e. The standard InChI is InChI=1S/C22H20N2O4S/c1-27-22(26)16-5-6-19(23-11-16)18-4-2-3-15-10-17(28-21(15)18)12-24-20(25)9-14-7-8-29-13-14/h2-8,11,13,17H,9-10,12H2,1H3,(H,24,25). The maximum atomic E-state index is 12.1. The van der Waals surface area contributed by atoms with Gasteiger partial charge in [0.05, 0.1) is 31.3 Å². The number of para-hydroxylation sites is 1. The number of carbonyl (C=O) groups is 2. The SMILES string of the molecule is COC(=O)c1ccc(-c2cccc3c2OC(CNC(=O)Cc2ccsc2)C3)nc1. The number of hydrogen-bond donors (Lipinski definition) is 1. The Labute approximate surface area is 172 Å². The van der Waals surface area contributed by atoms with Crippen molar-refractivity contribution in [2.45, 2.75) is 18.9 Å². The summed E-state index contributed by atoms with van der Waals surface area (Å²) in [5, 5.41) is 6.90. The molecule has 0 fully saturated rings. The van der Waals surface area contributed by atoms with Gasteiger partial charge in [-0.05, 0) is 46.2 Å². The second kappa shape index (κ2) is 8.45. The number of hydrogen-bond acceptors (Lipinski definition) is 6. The molecular formula is C22H20N2O4S. The minimum absolute atomic E-state index is 0.0109. The third-order valence-corrected chi connectivity index (χ3v) is 5.49. The second-order valence-electron chi connectivity index (χ2n) is 6.77. The van der Waals surface area contributed by atoms with Crippen LogP contribution in [0.2, 0.25) is 0 Å². The van der Waals surface area contributed by atoms with Gasteiger partial charge in [-0.3, -0.25) is 9.78 Å². The molecule has 29 heavy (non-hydrogen) atoms. The normalized spacial score (nSPS) is 14.7. The summed E-state index contributed by atoms with van der Waals surface area (Å²) in [6, 6.07) is 11.3. The van der Waals surface area contributed by atoms with Crippen molar-refractivity contribution in [1.82, 2.24) is 10.3 Å². The van der Waals surface area contributed by atoms with Crippen LogP contribution in [0, 0.1) is 0 Å². The monoisotopic (exact) mass is 408 g/mol. The van der Waals surface area contributed by atoms with Crippen LogP contribution in [0.3, 0.4) is 0 Å². The highest BCUT2D eigenvalue weighted by molar-refractivity contribution is 7.08. The van der Waals surface area contributed by atoms with Crippen LogP contribution < -0.4 is 10.1 Å². The van der Waals surface area contributed by atoms with Gasteiger partial charge in [0.25, 0.3) is 0 Å². The first-order chi connectivity index (χ1) is 14.1. The molecule has 0 saturated carbocycles. The molecule has 1 N–H and O–H groups in total. The minimum Gasteiger partial charge on any atom is -0.487 e. The van der Waals surface area contributed by atoms with Crippen LogP contribution in [0.1, 0.15) is 21.5 Å². The topological polar surface area (TPSA) is 77.5 Å². The fraction of sp³-hybridized carbons (Fsp3) is 0.227. The minimum atomic E-state index is -0.420. The highest BCUT2D eigenvalue weighted by Crippen LogP contribution is 2.37. The number of pyridine rings is 1. The second-order valence-corrected chi connectivity index (χ2v) is 7.55. The molecule has 0 aliphatic carbocycles. The van der Waals surface area contributed by atoms with Crippen LogP contribution in [0.5, 0.6) is 5.75 Å². The van der Waals surface area contributed by atoms with E-state index < -0.39 is 5.97 Å². The molecule has 1 aliphatic heterocycles. The van der Waals surface area contributed by atoms with E-state index in [1.807, 2.05) is 35.0 Å². The lowest BCUT2D eigenvalue weighted by Crippen LogP contribution is -2.35. The van der Waals surface area contributed by atoms with Crippen molar-refractivity contribution in [2.24, 2.45) is 0 Å². The molecule has 0 bridgehead atoms. The molecule has 6 nitrogen and oxygen atoms in total. The highest BCUT2D eigenvalue weighted by Gasteiger charge is 2.26. The molecule has 1 amide bonds. The number of carbonyl (C=O) groups excluding carboxylic acids is 2. The van der Waals surface area contributed by atoms with E-state index in [0.717, 1.165) is 34.6 Å². The number of nitrogens with one attached hydrogen (secondary N) is 1. The van der Waals surface area contributed by atoms with Crippen LogP contribution in [-0.4, -0.2) is 36.6 Å². The molecule has 0 spiro atoms. The Morgan fingerprint density at radius 3 is 2.90 bits per heavy atom. The lowest BCUT2D eigenvalue weighted by atomic mass is 10.0. The van der Waals surface area contributed by atoms with Crippen molar-refractivity contribution in [1.29, 1.82) is 0 Å². The zero-order valence-electron chi connectivity index (χ0n) is 15.9. The van der Waals surface area contributed by atoms with Crippen molar-refractivity contribution in [2.75, 3.05) is 13.7 Å². The summed E-state index contributed by atoms with van der Waals surface area (Å²) in [6.07, 6.45) is 2.48. The highest BCUT2D eigenvalue weighted by atomic mass is 32.1. The van der Waals surface area contributed by atoms with E-state index in [1.54, 1.807) is 23.5 Å². The molecular weight excluding hydrogens is 388 g/mol. The van der Waals surface area contributed by atoms with E-state index >= 15 is 0 Å². The average Bonchev–Trinajstić information content (AvgIpc) is 3.41. The van der Waals surface area contributed by atoms with Gasteiger partial charge < -0.3 is 14.8 Å². The summed E-state index contributed by atoms with van der Waals surface area (Å²) in [7, 11) is 1.34. The molecule has 2 aromatic heterocycles. The third kappa shape index (κ3) is 4.30. The van der Waals surface area contributed by atoms with E-state index in [-0.39, 0.29) is 12.0 Å². The third-order valence-electron chi connectivity index (χ3n) is 4.76. The molecule has 7 heteroatoms. The van der Waals surface area contributed by atoms with Crippen LogP contribution in [0.15, 0.2) is 53.4 Å². The number of rotatable bonds is 6. The van der Waals surface area contributed by atoms with Gasteiger partial charge in [-0.15, -0.1) is 0 Å². The van der Waals surface area contributed by atoms with Crippen molar-refractivity contribution < 1.29 is 19.1 Å². The van der Waals surface area contributed by atoms with Crippen LogP contribution in [-0.2, 0) is 22.4 Å². The molecule has 1 aliphatic rings. The number of amides is 1. The maximum absolute atomic E-state index is 12.1. The molecule has 1 aromatic carbocycles. The number of benzene rings is 1. The number of ether oxygens (including phenoxy) is 2. The first kappa shape index (κ1) is 19.1. The van der Waals surface area contributed by atoms with Crippen molar-refractivity contribution in [3.8, 4) is 17.0 Å². The Hall–Kier alpha value is -3.19. The molecule has 3 aromatic rings. The van der Waals surface area contributed by atoms with Crippen LogP contribution in [0.4, 0.5) is 0 Å². The number of aromatic nitrogens is 1. The Balaban J connectivity index is 1.42.